The summed E-state index contributed by atoms with van der Waals surface area (Å²) in [6, 6.07) is 1.72. The van der Waals surface area contributed by atoms with E-state index in [0.29, 0.717) is 24.0 Å². The van der Waals surface area contributed by atoms with Crippen LogP contribution in [0, 0.1) is 33.5 Å². The van der Waals surface area contributed by atoms with Crippen LogP contribution in [0.2, 0.25) is 0 Å². The van der Waals surface area contributed by atoms with Crippen molar-refractivity contribution in [3.8, 4) is 0 Å². The molecule has 9 atom stereocenters. The highest BCUT2D eigenvalue weighted by Crippen LogP contribution is 2.85. The maximum absolute atomic E-state index is 15.2. The highest BCUT2D eigenvalue weighted by molar-refractivity contribution is 6.08. The van der Waals surface area contributed by atoms with Crippen molar-refractivity contribution in [3.05, 3.63) is 35.3 Å². The van der Waals surface area contributed by atoms with Gasteiger partial charge in [-0.2, -0.15) is 0 Å². The molecule has 1 N–H and O–H groups in total. The van der Waals surface area contributed by atoms with E-state index in [1.807, 2.05) is 20.8 Å². The Hall–Kier alpha value is -3.47. The fraction of sp³-hybridized carbons (Fsp3) is 0.676. The van der Waals surface area contributed by atoms with Gasteiger partial charge in [0.05, 0.1) is 38.4 Å². The molecule has 11 heteroatoms. The van der Waals surface area contributed by atoms with E-state index in [9.17, 15) is 24.3 Å². The predicted molar refractivity (Wildman–Crippen MR) is 155 cm³/mol. The topological polar surface area (TPSA) is 156 Å². The molecule has 2 heterocycles. The van der Waals surface area contributed by atoms with Crippen LogP contribution in [0.15, 0.2) is 34.2 Å². The SMILES string of the molecule is COC(=O)C[C@]1(C)[C@@]2(C)[C@H]3CC[C@]4(C)C(=C3C(=O)[C@@]3(O)[C@@H](OC(C)=O)[C@]1(C)C[C@@]23OC(=O)C(C)C)CC(=O)O[C@H]4c1ccoc1. The number of rotatable bonds is 6. The molecule has 244 valence electrons. The molecule has 3 saturated carbocycles. The lowest BCUT2D eigenvalue weighted by Crippen LogP contribution is -2.81. The van der Waals surface area contributed by atoms with Gasteiger partial charge in [-0.25, -0.2) is 0 Å². The van der Waals surface area contributed by atoms with Crippen LogP contribution < -0.4 is 0 Å². The molecule has 0 amide bonds. The number of fused-ring (bicyclic) bond motifs is 4. The lowest BCUT2D eigenvalue weighted by molar-refractivity contribution is -0.298. The minimum atomic E-state index is -2.51. The minimum absolute atomic E-state index is 0.0291. The molecule has 4 fully saturated rings. The Morgan fingerprint density at radius 2 is 1.82 bits per heavy atom. The summed E-state index contributed by atoms with van der Waals surface area (Å²) >= 11 is 0. The van der Waals surface area contributed by atoms with E-state index in [-0.39, 0.29) is 24.8 Å². The van der Waals surface area contributed by atoms with Gasteiger partial charge in [-0.05, 0) is 35.8 Å². The second kappa shape index (κ2) is 9.53. The molecule has 0 aromatic carbocycles. The number of esters is 4. The van der Waals surface area contributed by atoms with Crippen molar-refractivity contribution >= 4 is 29.7 Å². The van der Waals surface area contributed by atoms with Crippen molar-refractivity contribution in [1.29, 1.82) is 0 Å². The van der Waals surface area contributed by atoms with Crippen LogP contribution >= 0.6 is 0 Å². The zero-order chi connectivity index (χ0) is 33.1. The Labute approximate surface area is 262 Å². The van der Waals surface area contributed by atoms with Crippen LogP contribution in [0.5, 0.6) is 0 Å². The highest BCUT2D eigenvalue weighted by Gasteiger charge is 2.95. The van der Waals surface area contributed by atoms with Crippen molar-refractivity contribution in [2.75, 3.05) is 7.11 Å². The average Bonchev–Trinajstić information content (AvgIpc) is 3.60. The predicted octanol–water partition coefficient (Wildman–Crippen LogP) is 4.16. The first-order valence-corrected chi connectivity index (χ1v) is 15.6. The molecule has 2 bridgehead atoms. The number of carbonyl (C=O) groups is 5. The quantitative estimate of drug-likeness (QED) is 0.357. The molecule has 6 rings (SSSR count). The summed E-state index contributed by atoms with van der Waals surface area (Å²) in [5.41, 5.74) is -7.35. The number of ether oxygens (including phenoxy) is 4. The number of methoxy groups -OCH3 is 1. The first-order valence-electron chi connectivity index (χ1n) is 15.6. The summed E-state index contributed by atoms with van der Waals surface area (Å²) in [5, 5.41) is 13.1. The Morgan fingerprint density at radius 3 is 2.40 bits per heavy atom. The lowest BCUT2D eigenvalue weighted by atomic mass is 9.36. The van der Waals surface area contributed by atoms with E-state index in [4.69, 9.17) is 23.4 Å². The zero-order valence-electron chi connectivity index (χ0n) is 27.1. The molecule has 0 spiro atoms. The molecular weight excluding hydrogens is 584 g/mol. The highest BCUT2D eigenvalue weighted by atomic mass is 16.6. The van der Waals surface area contributed by atoms with E-state index >= 15 is 4.79 Å². The Kier molecular flexibility index (Phi) is 6.67. The van der Waals surface area contributed by atoms with Gasteiger partial charge in [0.15, 0.2) is 11.4 Å². The second-order valence-electron chi connectivity index (χ2n) is 14.9. The van der Waals surface area contributed by atoms with Gasteiger partial charge in [0, 0.05) is 40.7 Å². The van der Waals surface area contributed by atoms with Gasteiger partial charge in [0.2, 0.25) is 5.60 Å². The summed E-state index contributed by atoms with van der Waals surface area (Å²) in [7, 11) is 1.28. The molecule has 0 radical (unpaired) electrons. The van der Waals surface area contributed by atoms with Crippen molar-refractivity contribution < 1.29 is 52.4 Å². The molecule has 0 unspecified atom stereocenters. The summed E-state index contributed by atoms with van der Waals surface area (Å²) in [5.74, 6) is -4.39. The first-order chi connectivity index (χ1) is 20.9. The normalized spacial score (nSPS) is 43.0. The lowest BCUT2D eigenvalue weighted by Gasteiger charge is -2.69. The summed E-state index contributed by atoms with van der Waals surface area (Å²) < 4.78 is 28.7. The largest absolute Gasteiger partial charge is 0.472 e. The second-order valence-corrected chi connectivity index (χ2v) is 14.9. The fourth-order valence-electron chi connectivity index (χ4n) is 10.4. The summed E-state index contributed by atoms with van der Waals surface area (Å²) in [4.78, 5) is 67.9. The van der Waals surface area contributed by atoms with E-state index in [1.165, 1.54) is 26.6 Å². The van der Waals surface area contributed by atoms with Crippen molar-refractivity contribution in [3.63, 3.8) is 0 Å². The zero-order valence-corrected chi connectivity index (χ0v) is 27.1. The maximum Gasteiger partial charge on any atom is 0.310 e. The van der Waals surface area contributed by atoms with Crippen LogP contribution in [0.4, 0.5) is 0 Å². The fourth-order valence-corrected chi connectivity index (χ4v) is 10.4. The molecule has 1 aliphatic heterocycles. The third kappa shape index (κ3) is 3.48. The van der Waals surface area contributed by atoms with Crippen molar-refractivity contribution in [1.82, 2.24) is 0 Å². The Morgan fingerprint density at radius 1 is 1.13 bits per heavy atom. The van der Waals surface area contributed by atoms with E-state index in [1.54, 1.807) is 26.8 Å². The van der Waals surface area contributed by atoms with Gasteiger partial charge >= 0.3 is 23.9 Å². The molecule has 4 aliphatic carbocycles. The van der Waals surface area contributed by atoms with Gasteiger partial charge in [0.1, 0.15) is 12.2 Å². The van der Waals surface area contributed by atoms with Gasteiger partial charge in [-0.15, -0.1) is 0 Å². The average molecular weight is 627 g/mol. The van der Waals surface area contributed by atoms with Crippen LogP contribution in [-0.4, -0.2) is 59.2 Å². The number of hydrogen-bond donors (Lipinski definition) is 1. The van der Waals surface area contributed by atoms with Crippen LogP contribution in [0.3, 0.4) is 0 Å². The van der Waals surface area contributed by atoms with E-state index < -0.39 is 86.6 Å². The number of carbonyl (C=O) groups excluding carboxylic acids is 5. The van der Waals surface area contributed by atoms with Gasteiger partial charge in [-0.1, -0.05) is 41.5 Å². The monoisotopic (exact) mass is 626 g/mol. The van der Waals surface area contributed by atoms with Crippen LogP contribution in [-0.2, 0) is 42.9 Å². The van der Waals surface area contributed by atoms with Gasteiger partial charge in [-0.3, -0.25) is 24.0 Å². The smallest absolute Gasteiger partial charge is 0.310 e. The van der Waals surface area contributed by atoms with Crippen molar-refractivity contribution in [2.45, 2.75) is 104 Å². The molecule has 1 saturated heterocycles. The summed E-state index contributed by atoms with van der Waals surface area (Å²) in [6.45, 7) is 12.0. The van der Waals surface area contributed by atoms with Crippen LogP contribution in [0.25, 0.3) is 0 Å². The number of hydrogen-bond acceptors (Lipinski definition) is 11. The molecule has 45 heavy (non-hydrogen) atoms. The molecule has 1 aromatic rings. The number of ketones is 1. The number of furan rings is 1. The summed E-state index contributed by atoms with van der Waals surface area (Å²) in [6.07, 6.45) is 1.31. The Bertz CT molecular complexity index is 1540. The number of cyclic esters (lactones) is 1. The van der Waals surface area contributed by atoms with Gasteiger partial charge in [0.25, 0.3) is 0 Å². The van der Waals surface area contributed by atoms with E-state index in [0.717, 1.165) is 0 Å². The third-order valence-corrected chi connectivity index (χ3v) is 12.8. The Balaban J connectivity index is 1.69. The van der Waals surface area contributed by atoms with Gasteiger partial charge < -0.3 is 28.5 Å². The van der Waals surface area contributed by atoms with Crippen molar-refractivity contribution in [2.24, 2.45) is 33.5 Å². The molecule has 1 aromatic heterocycles. The van der Waals surface area contributed by atoms with Crippen LogP contribution in [0.1, 0.15) is 92.2 Å². The molecular formula is C34H42O11. The molecule has 11 nitrogen and oxygen atoms in total. The number of Topliss-reactive ketones (excluding diaryl/α,β-unsaturated/α-hetero) is 1. The first kappa shape index (κ1) is 31.5. The maximum atomic E-state index is 15.2. The van der Waals surface area contributed by atoms with E-state index in [2.05, 4.69) is 0 Å². The third-order valence-electron chi connectivity index (χ3n) is 12.8. The standard InChI is InChI=1S/C34H42O11/c1-17(2)27(39)45-33-16-30(5)28(43-18(3)35)34(33,40)25(38)24-20(32(33,7)31(30,6)14-23(37)41-8)9-11-29(4)21(24)13-22(36)44-26(29)19-10-12-42-15-19/h10,12,15,17,20,26,28,40H,9,11,13-14,16H2,1-8H3/t20-,26-,28-,29+,30-,31-,32+,33+,34+/m0/s1. The minimum Gasteiger partial charge on any atom is -0.472 e. The molecule has 5 aliphatic rings. The number of aliphatic hydroxyl groups is 1.